The monoisotopic (exact) mass is 326 g/mol. The predicted octanol–water partition coefficient (Wildman–Crippen LogP) is 3.09. The van der Waals surface area contributed by atoms with Crippen LogP contribution in [-0.2, 0) is 0 Å². The fourth-order valence-corrected chi connectivity index (χ4v) is 2.08. The summed E-state index contributed by atoms with van der Waals surface area (Å²) >= 11 is 0. The smallest absolute Gasteiger partial charge is 0.335 e. The number of nitrogens with one attached hydrogen (secondary N) is 2. The van der Waals surface area contributed by atoms with Crippen LogP contribution in [0.2, 0.25) is 0 Å². The number of aromatic carboxylic acids is 1. The summed E-state index contributed by atoms with van der Waals surface area (Å²) in [5.41, 5.74) is 2.14. The Labute approximate surface area is 139 Å². The van der Waals surface area contributed by atoms with Crippen LogP contribution >= 0.6 is 0 Å². The van der Waals surface area contributed by atoms with Crippen LogP contribution in [0.1, 0.15) is 32.7 Å². The van der Waals surface area contributed by atoms with Crippen molar-refractivity contribution in [1.82, 2.24) is 5.32 Å². The van der Waals surface area contributed by atoms with Gasteiger partial charge in [-0.1, -0.05) is 35.9 Å². The van der Waals surface area contributed by atoms with Crippen molar-refractivity contribution >= 4 is 23.5 Å². The van der Waals surface area contributed by atoms with Crippen molar-refractivity contribution in [2.45, 2.75) is 13.3 Å². The molecule has 0 fully saturated rings. The van der Waals surface area contributed by atoms with E-state index in [1.54, 1.807) is 24.3 Å². The van der Waals surface area contributed by atoms with Crippen LogP contribution in [0.3, 0.4) is 0 Å². The second-order valence-corrected chi connectivity index (χ2v) is 5.31. The molecule has 0 aliphatic carbocycles. The normalized spacial score (nSPS) is 10.0. The van der Waals surface area contributed by atoms with Crippen molar-refractivity contribution < 1.29 is 19.5 Å². The van der Waals surface area contributed by atoms with E-state index < -0.39 is 12.0 Å². The van der Waals surface area contributed by atoms with Gasteiger partial charge in [0.25, 0.3) is 0 Å². The van der Waals surface area contributed by atoms with E-state index >= 15 is 0 Å². The molecule has 2 amide bonds. The summed E-state index contributed by atoms with van der Waals surface area (Å²) in [6, 6.07) is 12.7. The van der Waals surface area contributed by atoms with E-state index in [1.165, 1.54) is 12.1 Å². The number of carboxylic acid groups (broad SMARTS) is 1. The number of carbonyl (C=O) groups excluding carboxylic acids is 2. The van der Waals surface area contributed by atoms with E-state index in [2.05, 4.69) is 10.6 Å². The number of Topliss-reactive ketones (excluding diaryl/α,β-unsaturated/α-hetero) is 1. The molecule has 0 saturated heterocycles. The summed E-state index contributed by atoms with van der Waals surface area (Å²) in [6.45, 7) is 2.14. The third-order valence-electron chi connectivity index (χ3n) is 3.38. The molecule has 6 heteroatoms. The van der Waals surface area contributed by atoms with Gasteiger partial charge in [0.2, 0.25) is 0 Å². The van der Waals surface area contributed by atoms with Gasteiger partial charge in [0, 0.05) is 24.2 Å². The molecule has 0 bridgehead atoms. The highest BCUT2D eigenvalue weighted by Crippen LogP contribution is 2.10. The second-order valence-electron chi connectivity index (χ2n) is 5.31. The Morgan fingerprint density at radius 3 is 2.38 bits per heavy atom. The molecule has 0 radical (unpaired) electrons. The number of benzene rings is 2. The molecule has 124 valence electrons. The molecule has 0 saturated carbocycles. The topological polar surface area (TPSA) is 95.5 Å². The standard InChI is InChI=1S/C18H18N2O4/c1-12-5-7-13(8-6-12)16(21)9-10-19-18(24)20-15-4-2-3-14(11-15)17(22)23/h2-8,11H,9-10H2,1H3,(H,22,23)(H2,19,20,24). The van der Waals surface area contributed by atoms with Crippen LogP contribution in [0.5, 0.6) is 0 Å². The summed E-state index contributed by atoms with van der Waals surface area (Å²) in [7, 11) is 0. The SMILES string of the molecule is Cc1ccc(C(=O)CCNC(=O)Nc2cccc(C(=O)O)c2)cc1. The largest absolute Gasteiger partial charge is 0.478 e. The van der Waals surface area contributed by atoms with Crippen molar-refractivity contribution in [3.63, 3.8) is 0 Å². The van der Waals surface area contributed by atoms with Crippen molar-refractivity contribution in [3.8, 4) is 0 Å². The lowest BCUT2D eigenvalue weighted by Gasteiger charge is -2.08. The van der Waals surface area contributed by atoms with Crippen molar-refractivity contribution in [2.75, 3.05) is 11.9 Å². The first-order chi connectivity index (χ1) is 11.5. The Morgan fingerprint density at radius 1 is 1.00 bits per heavy atom. The highest BCUT2D eigenvalue weighted by molar-refractivity contribution is 5.97. The molecule has 2 aromatic carbocycles. The van der Waals surface area contributed by atoms with Gasteiger partial charge in [0.05, 0.1) is 5.56 Å². The molecule has 0 unspecified atom stereocenters. The van der Waals surface area contributed by atoms with Crippen LogP contribution in [0, 0.1) is 6.92 Å². The summed E-state index contributed by atoms with van der Waals surface area (Å²) in [5, 5.41) is 14.0. The number of aryl methyl sites for hydroxylation is 1. The Morgan fingerprint density at radius 2 is 1.71 bits per heavy atom. The number of amides is 2. The maximum Gasteiger partial charge on any atom is 0.335 e. The maximum absolute atomic E-state index is 12.0. The minimum absolute atomic E-state index is 0.0526. The third-order valence-corrected chi connectivity index (χ3v) is 3.38. The van der Waals surface area contributed by atoms with Gasteiger partial charge in [-0.05, 0) is 25.1 Å². The van der Waals surface area contributed by atoms with Gasteiger partial charge in [-0.3, -0.25) is 4.79 Å². The van der Waals surface area contributed by atoms with Crippen molar-refractivity contribution in [3.05, 3.63) is 65.2 Å². The number of hydrogen-bond donors (Lipinski definition) is 3. The van der Waals surface area contributed by atoms with E-state index in [-0.39, 0.29) is 24.3 Å². The minimum atomic E-state index is -1.07. The van der Waals surface area contributed by atoms with Gasteiger partial charge in [-0.2, -0.15) is 0 Å². The lowest BCUT2D eigenvalue weighted by atomic mass is 10.1. The average molecular weight is 326 g/mol. The Bertz CT molecular complexity index is 754. The van der Waals surface area contributed by atoms with E-state index in [0.29, 0.717) is 11.3 Å². The van der Waals surface area contributed by atoms with Gasteiger partial charge in [0.1, 0.15) is 0 Å². The van der Waals surface area contributed by atoms with E-state index in [9.17, 15) is 14.4 Å². The summed E-state index contributed by atoms with van der Waals surface area (Å²) < 4.78 is 0. The molecule has 2 aromatic rings. The zero-order chi connectivity index (χ0) is 17.5. The molecule has 3 N–H and O–H groups in total. The molecule has 0 heterocycles. The average Bonchev–Trinajstić information content (AvgIpc) is 2.55. The molecule has 2 rings (SSSR count). The van der Waals surface area contributed by atoms with Crippen LogP contribution < -0.4 is 10.6 Å². The highest BCUT2D eigenvalue weighted by atomic mass is 16.4. The maximum atomic E-state index is 12.0. The zero-order valence-electron chi connectivity index (χ0n) is 13.2. The number of ketones is 1. The van der Waals surface area contributed by atoms with E-state index in [1.807, 2.05) is 19.1 Å². The highest BCUT2D eigenvalue weighted by Gasteiger charge is 2.08. The fourth-order valence-electron chi connectivity index (χ4n) is 2.08. The van der Waals surface area contributed by atoms with Crippen LogP contribution in [0.25, 0.3) is 0 Å². The number of carbonyl (C=O) groups is 3. The lowest BCUT2D eigenvalue weighted by Crippen LogP contribution is -2.30. The summed E-state index contributed by atoms with van der Waals surface area (Å²) in [4.78, 5) is 34.6. The molecular weight excluding hydrogens is 308 g/mol. The minimum Gasteiger partial charge on any atom is -0.478 e. The van der Waals surface area contributed by atoms with Crippen LogP contribution in [-0.4, -0.2) is 29.4 Å². The van der Waals surface area contributed by atoms with Gasteiger partial charge >= 0.3 is 12.0 Å². The molecule has 0 spiro atoms. The van der Waals surface area contributed by atoms with Crippen molar-refractivity contribution in [1.29, 1.82) is 0 Å². The molecular formula is C18H18N2O4. The quantitative estimate of drug-likeness (QED) is 0.711. The molecule has 0 aliphatic heterocycles. The first-order valence-electron chi connectivity index (χ1n) is 7.44. The number of urea groups is 1. The van der Waals surface area contributed by atoms with E-state index in [4.69, 9.17) is 5.11 Å². The van der Waals surface area contributed by atoms with Gasteiger partial charge in [0.15, 0.2) is 5.78 Å². The van der Waals surface area contributed by atoms with Gasteiger partial charge < -0.3 is 15.7 Å². The Kier molecular flexibility index (Phi) is 5.68. The Hall–Kier alpha value is -3.15. The Balaban J connectivity index is 1.81. The summed E-state index contributed by atoms with van der Waals surface area (Å²) in [5.74, 6) is -1.12. The molecule has 0 aliphatic rings. The number of anilines is 1. The number of carboxylic acids is 1. The molecule has 6 nitrogen and oxygen atoms in total. The predicted molar refractivity (Wildman–Crippen MR) is 90.5 cm³/mol. The first-order valence-corrected chi connectivity index (χ1v) is 7.44. The van der Waals surface area contributed by atoms with Gasteiger partial charge in [-0.15, -0.1) is 0 Å². The van der Waals surface area contributed by atoms with E-state index in [0.717, 1.165) is 5.56 Å². The second kappa shape index (κ2) is 7.92. The fraction of sp³-hybridized carbons (Fsp3) is 0.167. The van der Waals surface area contributed by atoms with Gasteiger partial charge in [-0.25, -0.2) is 9.59 Å². The zero-order valence-corrected chi connectivity index (χ0v) is 13.2. The van der Waals surface area contributed by atoms with Crippen LogP contribution in [0.4, 0.5) is 10.5 Å². The van der Waals surface area contributed by atoms with Crippen molar-refractivity contribution in [2.24, 2.45) is 0 Å². The lowest BCUT2D eigenvalue weighted by molar-refractivity contribution is 0.0696. The number of rotatable bonds is 6. The van der Waals surface area contributed by atoms with Crippen LogP contribution in [0.15, 0.2) is 48.5 Å². The number of hydrogen-bond acceptors (Lipinski definition) is 3. The first kappa shape index (κ1) is 17.2. The third kappa shape index (κ3) is 4.95. The molecule has 24 heavy (non-hydrogen) atoms. The molecule has 0 aromatic heterocycles. The molecule has 0 atom stereocenters. The summed E-state index contributed by atoms with van der Waals surface area (Å²) in [6.07, 6.45) is 0.186.